The Kier molecular flexibility index (Phi) is 4.41. The molecule has 1 atom stereocenters. The van der Waals surface area contributed by atoms with Crippen LogP contribution in [0.3, 0.4) is 0 Å². The molecule has 0 spiro atoms. The molecule has 27 heavy (non-hydrogen) atoms. The topological polar surface area (TPSA) is 112 Å². The van der Waals surface area contributed by atoms with Crippen LogP contribution >= 0.6 is 0 Å². The number of anilines is 2. The van der Waals surface area contributed by atoms with E-state index in [4.69, 9.17) is 4.42 Å². The number of carbonyl (C=O) groups is 3. The van der Waals surface area contributed by atoms with Gasteiger partial charge in [0.2, 0.25) is 5.91 Å². The molecule has 2 aliphatic rings. The molecule has 4 rings (SSSR count). The number of carbonyl (C=O) groups excluding carboxylic acids is 3. The number of aryl methyl sites for hydroxylation is 1. The molecular weight excluding hydrogens is 350 g/mol. The van der Waals surface area contributed by atoms with Crippen molar-refractivity contribution in [1.82, 2.24) is 5.32 Å². The van der Waals surface area contributed by atoms with Crippen molar-refractivity contribution < 1.29 is 23.9 Å². The second-order valence-electron chi connectivity index (χ2n) is 6.71. The van der Waals surface area contributed by atoms with Crippen molar-refractivity contribution in [2.45, 2.75) is 25.4 Å². The van der Waals surface area contributed by atoms with E-state index in [2.05, 4.69) is 10.6 Å². The zero-order valence-electron chi connectivity index (χ0n) is 14.5. The number of amides is 3. The summed E-state index contributed by atoms with van der Waals surface area (Å²) in [6.45, 7) is 0.622. The highest BCUT2D eigenvalue weighted by Gasteiger charge is 2.32. The van der Waals surface area contributed by atoms with E-state index in [0.717, 1.165) is 36.2 Å². The van der Waals surface area contributed by atoms with Crippen LogP contribution in [-0.4, -0.2) is 35.9 Å². The van der Waals surface area contributed by atoms with Gasteiger partial charge in [-0.2, -0.15) is 0 Å². The summed E-state index contributed by atoms with van der Waals surface area (Å²) in [6, 6.07) is 5.14. The highest BCUT2D eigenvalue weighted by molar-refractivity contribution is 6.39. The lowest BCUT2D eigenvalue weighted by molar-refractivity contribution is -0.136. The minimum atomic E-state index is -0.957. The lowest BCUT2D eigenvalue weighted by Gasteiger charge is -2.26. The maximum Gasteiger partial charge on any atom is 0.313 e. The van der Waals surface area contributed by atoms with E-state index < -0.39 is 17.9 Å². The molecule has 1 aromatic heterocycles. The Balaban J connectivity index is 1.41. The van der Waals surface area contributed by atoms with E-state index in [1.54, 1.807) is 17.0 Å². The molecule has 0 saturated carbocycles. The summed E-state index contributed by atoms with van der Waals surface area (Å²) in [5.41, 5.74) is 3.86. The van der Waals surface area contributed by atoms with E-state index in [-0.39, 0.29) is 12.5 Å². The van der Waals surface area contributed by atoms with E-state index in [9.17, 15) is 19.5 Å². The van der Waals surface area contributed by atoms with Crippen LogP contribution in [0.1, 0.15) is 29.2 Å². The van der Waals surface area contributed by atoms with Crippen molar-refractivity contribution in [3.05, 3.63) is 47.4 Å². The Labute approximate surface area is 155 Å². The smallest absolute Gasteiger partial charge is 0.313 e. The summed E-state index contributed by atoms with van der Waals surface area (Å²) in [6.07, 6.45) is 3.86. The molecule has 3 amide bonds. The standard InChI is InChI=1S/C19H19N3O5/c23-15(12-3-5-27-10-12)9-20-18(25)19(26)21-14-6-11-2-1-4-22-16(24)8-13(7-14)17(11)22/h3,5-7,10,15,23H,1-2,4,8-9H2,(H,20,25)(H,21,26)/t15-/m1/s1. The zero-order valence-corrected chi connectivity index (χ0v) is 14.5. The lowest BCUT2D eigenvalue weighted by atomic mass is 9.99. The number of aliphatic hydroxyl groups is 1. The average molecular weight is 369 g/mol. The van der Waals surface area contributed by atoms with Gasteiger partial charge in [-0.05, 0) is 42.2 Å². The Hall–Kier alpha value is -3.13. The third-order valence-corrected chi connectivity index (χ3v) is 4.86. The fraction of sp³-hybridized carbons (Fsp3) is 0.316. The van der Waals surface area contributed by atoms with Crippen molar-refractivity contribution in [2.75, 3.05) is 23.3 Å². The van der Waals surface area contributed by atoms with Gasteiger partial charge < -0.3 is 25.1 Å². The van der Waals surface area contributed by atoms with Crippen molar-refractivity contribution in [2.24, 2.45) is 0 Å². The molecule has 1 aromatic carbocycles. The van der Waals surface area contributed by atoms with Crippen LogP contribution in [0, 0.1) is 0 Å². The maximum atomic E-state index is 12.2. The van der Waals surface area contributed by atoms with E-state index >= 15 is 0 Å². The molecule has 3 heterocycles. The molecule has 8 nitrogen and oxygen atoms in total. The summed E-state index contributed by atoms with van der Waals surface area (Å²) < 4.78 is 4.87. The summed E-state index contributed by atoms with van der Waals surface area (Å²) in [5.74, 6) is -1.59. The molecule has 8 heteroatoms. The van der Waals surface area contributed by atoms with Gasteiger partial charge in [0, 0.05) is 24.3 Å². The predicted molar refractivity (Wildman–Crippen MR) is 96.1 cm³/mol. The van der Waals surface area contributed by atoms with Crippen LogP contribution in [0.2, 0.25) is 0 Å². The van der Waals surface area contributed by atoms with Crippen molar-refractivity contribution in [3.8, 4) is 0 Å². The third kappa shape index (κ3) is 3.31. The highest BCUT2D eigenvalue weighted by atomic mass is 16.3. The number of hydrogen-bond donors (Lipinski definition) is 3. The third-order valence-electron chi connectivity index (χ3n) is 4.86. The normalized spacial score (nSPS) is 16.0. The second kappa shape index (κ2) is 6.88. The number of furan rings is 1. The molecule has 2 aromatic rings. The SMILES string of the molecule is O=C(NC[C@@H](O)c1ccoc1)C(=O)Nc1cc2c3c(c1)CC(=O)N3CCC2. The maximum absolute atomic E-state index is 12.2. The molecule has 140 valence electrons. The monoisotopic (exact) mass is 369 g/mol. The summed E-state index contributed by atoms with van der Waals surface area (Å²) in [7, 11) is 0. The Bertz CT molecular complexity index is 906. The van der Waals surface area contributed by atoms with Crippen LogP contribution in [-0.2, 0) is 27.2 Å². The summed E-state index contributed by atoms with van der Waals surface area (Å²) in [5, 5.41) is 14.9. The van der Waals surface area contributed by atoms with Crippen LogP contribution in [0.15, 0.2) is 35.1 Å². The highest BCUT2D eigenvalue weighted by Crippen LogP contribution is 2.38. The van der Waals surface area contributed by atoms with Gasteiger partial charge in [0.1, 0.15) is 0 Å². The van der Waals surface area contributed by atoms with Gasteiger partial charge in [-0.1, -0.05) is 0 Å². The van der Waals surface area contributed by atoms with Gasteiger partial charge >= 0.3 is 11.8 Å². The van der Waals surface area contributed by atoms with E-state index in [1.807, 2.05) is 6.07 Å². The quantitative estimate of drug-likeness (QED) is 0.694. The van der Waals surface area contributed by atoms with Gasteiger partial charge in [-0.15, -0.1) is 0 Å². The van der Waals surface area contributed by atoms with Crippen LogP contribution < -0.4 is 15.5 Å². The fourth-order valence-electron chi connectivity index (χ4n) is 3.59. The van der Waals surface area contributed by atoms with Crippen molar-refractivity contribution in [3.63, 3.8) is 0 Å². The van der Waals surface area contributed by atoms with Crippen LogP contribution in [0.25, 0.3) is 0 Å². The van der Waals surface area contributed by atoms with Crippen LogP contribution in [0.4, 0.5) is 11.4 Å². The van der Waals surface area contributed by atoms with Gasteiger partial charge in [0.25, 0.3) is 0 Å². The number of aliphatic hydroxyl groups excluding tert-OH is 1. The number of hydrogen-bond acceptors (Lipinski definition) is 5. The first-order chi connectivity index (χ1) is 13.0. The van der Waals surface area contributed by atoms with Crippen LogP contribution in [0.5, 0.6) is 0 Å². The van der Waals surface area contributed by atoms with Gasteiger partial charge in [-0.25, -0.2) is 0 Å². The minimum absolute atomic E-state index is 0.0698. The number of nitrogens with zero attached hydrogens (tertiary/aromatic N) is 1. The van der Waals surface area contributed by atoms with Crippen molar-refractivity contribution >= 4 is 29.1 Å². The number of benzene rings is 1. The summed E-state index contributed by atoms with van der Waals surface area (Å²) >= 11 is 0. The Morgan fingerprint density at radius 3 is 2.85 bits per heavy atom. The largest absolute Gasteiger partial charge is 0.472 e. The lowest BCUT2D eigenvalue weighted by Crippen LogP contribution is -2.37. The molecule has 0 fully saturated rings. The number of nitrogens with one attached hydrogen (secondary N) is 2. The molecular formula is C19H19N3O5. The summed E-state index contributed by atoms with van der Waals surface area (Å²) in [4.78, 5) is 38.0. The molecule has 3 N–H and O–H groups in total. The predicted octanol–water partition coefficient (Wildman–Crippen LogP) is 0.903. The van der Waals surface area contributed by atoms with Gasteiger partial charge in [0.15, 0.2) is 0 Å². The first-order valence-electron chi connectivity index (χ1n) is 8.78. The molecule has 0 bridgehead atoms. The Morgan fingerprint density at radius 1 is 1.26 bits per heavy atom. The minimum Gasteiger partial charge on any atom is -0.472 e. The fourth-order valence-corrected chi connectivity index (χ4v) is 3.59. The Morgan fingerprint density at radius 2 is 2.07 bits per heavy atom. The van der Waals surface area contributed by atoms with E-state index in [1.165, 1.54) is 12.5 Å². The molecule has 0 unspecified atom stereocenters. The number of rotatable bonds is 4. The first-order valence-corrected chi connectivity index (χ1v) is 8.78. The van der Waals surface area contributed by atoms with E-state index in [0.29, 0.717) is 17.7 Å². The van der Waals surface area contributed by atoms with Gasteiger partial charge in [0.05, 0.1) is 30.7 Å². The molecule has 0 radical (unpaired) electrons. The second-order valence-corrected chi connectivity index (χ2v) is 6.71. The van der Waals surface area contributed by atoms with Crippen molar-refractivity contribution in [1.29, 1.82) is 0 Å². The average Bonchev–Trinajstić information content (AvgIpc) is 3.29. The molecule has 0 aliphatic carbocycles. The zero-order chi connectivity index (χ0) is 19.0. The molecule has 0 saturated heterocycles. The first kappa shape index (κ1) is 17.3. The van der Waals surface area contributed by atoms with Gasteiger partial charge in [-0.3, -0.25) is 14.4 Å². The molecule has 2 aliphatic heterocycles.